The predicted molar refractivity (Wildman–Crippen MR) is 117 cm³/mol. The largest absolute Gasteiger partial charge is 0.452 e. The van der Waals surface area contributed by atoms with E-state index in [4.69, 9.17) is 4.74 Å². The van der Waals surface area contributed by atoms with Crippen LogP contribution in [0.5, 0.6) is 5.75 Å². The van der Waals surface area contributed by atoms with Crippen LogP contribution < -0.4 is 15.4 Å². The molecule has 1 unspecified atom stereocenters. The molecule has 0 spiro atoms. The number of hydrogen-bond acceptors (Lipinski definition) is 5. The van der Waals surface area contributed by atoms with E-state index in [0.29, 0.717) is 6.42 Å². The molecule has 0 saturated carbocycles. The van der Waals surface area contributed by atoms with Crippen molar-refractivity contribution in [1.29, 1.82) is 0 Å². The number of carbonyl (C=O) groups excluding carboxylic acids is 4. The molecule has 1 aliphatic heterocycles. The van der Waals surface area contributed by atoms with Crippen LogP contribution in [-0.2, 0) is 14.4 Å². The van der Waals surface area contributed by atoms with Crippen molar-refractivity contribution in [2.45, 2.75) is 64.8 Å². The summed E-state index contributed by atoms with van der Waals surface area (Å²) in [5.41, 5.74) is 0. The number of rotatable bonds is 8. The summed E-state index contributed by atoms with van der Waals surface area (Å²) in [6.45, 7) is 6.38. The Labute approximate surface area is 196 Å². The summed E-state index contributed by atoms with van der Waals surface area (Å²) in [6.07, 6.45) is -5.28. The van der Waals surface area contributed by atoms with Crippen LogP contribution in [0.25, 0.3) is 0 Å². The number of ether oxygens (including phenoxy) is 1. The topological polar surface area (TPSA) is 105 Å². The van der Waals surface area contributed by atoms with E-state index in [0.717, 1.165) is 0 Å². The fraction of sp³-hybridized carbons (Fsp3) is 0.565. The number of carbonyl (C=O) groups is 4. The second kappa shape index (κ2) is 11.3. The minimum atomic E-state index is -5.10. The smallest absolute Gasteiger partial charge is 0.410 e. The van der Waals surface area contributed by atoms with Crippen molar-refractivity contribution >= 4 is 23.7 Å². The van der Waals surface area contributed by atoms with E-state index < -0.39 is 53.9 Å². The lowest BCUT2D eigenvalue weighted by atomic mass is 9.98. The van der Waals surface area contributed by atoms with Crippen molar-refractivity contribution in [3.63, 3.8) is 0 Å². The summed E-state index contributed by atoms with van der Waals surface area (Å²) in [6, 6.07) is 4.40. The van der Waals surface area contributed by atoms with Gasteiger partial charge in [0, 0.05) is 6.54 Å². The highest BCUT2D eigenvalue weighted by Crippen LogP contribution is 2.24. The third-order valence-electron chi connectivity index (χ3n) is 5.52. The molecule has 8 nitrogen and oxygen atoms in total. The molecule has 3 amide bonds. The van der Waals surface area contributed by atoms with Crippen molar-refractivity contribution in [3.05, 3.63) is 30.3 Å². The van der Waals surface area contributed by atoms with Crippen LogP contribution in [0, 0.1) is 11.8 Å². The van der Waals surface area contributed by atoms with Crippen molar-refractivity contribution in [1.82, 2.24) is 15.5 Å². The quantitative estimate of drug-likeness (QED) is 0.589. The number of likely N-dealkylation sites (tertiary alicyclic amines) is 1. The maximum Gasteiger partial charge on any atom is 0.452 e. The molecule has 1 aromatic carbocycles. The molecule has 1 aliphatic rings. The summed E-state index contributed by atoms with van der Waals surface area (Å²) >= 11 is 0. The van der Waals surface area contributed by atoms with E-state index in [1.165, 1.54) is 18.7 Å². The van der Waals surface area contributed by atoms with Gasteiger partial charge in [0.1, 0.15) is 17.8 Å². The summed E-state index contributed by atoms with van der Waals surface area (Å²) in [4.78, 5) is 51.4. The Hall–Kier alpha value is -3.11. The Morgan fingerprint density at radius 3 is 2.09 bits per heavy atom. The van der Waals surface area contributed by atoms with Gasteiger partial charge in [-0.3, -0.25) is 14.4 Å². The van der Waals surface area contributed by atoms with Crippen LogP contribution in [0.4, 0.5) is 18.0 Å². The summed E-state index contributed by atoms with van der Waals surface area (Å²) in [5, 5.41) is 4.69. The molecule has 1 saturated heterocycles. The SMILES string of the molecule is CC(C)C(NC(=O)[C@@H]1CCCN1C(=O)[C@@H](NC(=O)Oc1ccccc1)C(C)C)C(=O)C(F)(F)F. The fourth-order valence-corrected chi connectivity index (χ4v) is 3.71. The number of halogens is 3. The molecular formula is C23H30F3N3O5. The van der Waals surface area contributed by atoms with Gasteiger partial charge >= 0.3 is 12.3 Å². The number of amides is 3. The van der Waals surface area contributed by atoms with Crippen LogP contribution in [-0.4, -0.2) is 59.4 Å². The predicted octanol–water partition coefficient (Wildman–Crippen LogP) is 3.06. The second-order valence-electron chi connectivity index (χ2n) is 8.85. The summed E-state index contributed by atoms with van der Waals surface area (Å²) < 4.78 is 44.0. The molecule has 0 aliphatic carbocycles. The van der Waals surface area contributed by atoms with E-state index in [9.17, 15) is 32.3 Å². The molecule has 1 fully saturated rings. The molecule has 2 N–H and O–H groups in total. The number of ketones is 1. The first-order chi connectivity index (χ1) is 15.8. The van der Waals surface area contributed by atoms with Crippen molar-refractivity contribution in [3.8, 4) is 5.75 Å². The van der Waals surface area contributed by atoms with E-state index in [-0.39, 0.29) is 24.6 Å². The lowest BCUT2D eigenvalue weighted by Crippen LogP contribution is -2.58. The molecule has 188 valence electrons. The molecule has 3 atom stereocenters. The fourth-order valence-electron chi connectivity index (χ4n) is 3.71. The Morgan fingerprint density at radius 2 is 1.56 bits per heavy atom. The third kappa shape index (κ3) is 6.94. The van der Waals surface area contributed by atoms with Gasteiger partial charge in [-0.2, -0.15) is 13.2 Å². The zero-order valence-electron chi connectivity index (χ0n) is 19.5. The van der Waals surface area contributed by atoms with Crippen molar-refractivity contribution in [2.24, 2.45) is 11.8 Å². The Balaban J connectivity index is 2.12. The maximum atomic E-state index is 13.2. The molecule has 0 aromatic heterocycles. The van der Waals surface area contributed by atoms with Crippen LogP contribution >= 0.6 is 0 Å². The molecule has 11 heteroatoms. The summed E-state index contributed by atoms with van der Waals surface area (Å²) in [7, 11) is 0. The highest BCUT2D eigenvalue weighted by molar-refractivity contribution is 5.96. The lowest BCUT2D eigenvalue weighted by molar-refractivity contribution is -0.175. The van der Waals surface area contributed by atoms with E-state index >= 15 is 0 Å². The van der Waals surface area contributed by atoms with Crippen molar-refractivity contribution in [2.75, 3.05) is 6.54 Å². The van der Waals surface area contributed by atoms with Gasteiger partial charge in [0.05, 0.1) is 6.04 Å². The molecule has 34 heavy (non-hydrogen) atoms. The number of para-hydroxylation sites is 1. The van der Waals surface area contributed by atoms with Gasteiger partial charge in [0.25, 0.3) is 5.78 Å². The van der Waals surface area contributed by atoms with Crippen molar-refractivity contribution < 1.29 is 37.1 Å². The number of benzene rings is 1. The monoisotopic (exact) mass is 485 g/mol. The minimum Gasteiger partial charge on any atom is -0.410 e. The van der Waals surface area contributed by atoms with E-state index in [1.807, 2.05) is 0 Å². The molecule has 1 heterocycles. The Kier molecular flexibility index (Phi) is 9.06. The number of hydrogen-bond donors (Lipinski definition) is 2. The number of Topliss-reactive ketones (excluding diaryl/α,β-unsaturated/α-hetero) is 1. The van der Waals surface area contributed by atoms with Gasteiger partial charge in [-0.1, -0.05) is 45.9 Å². The Bertz CT molecular complexity index is 890. The number of nitrogens with one attached hydrogen (secondary N) is 2. The van der Waals surface area contributed by atoms with Gasteiger partial charge in [-0.15, -0.1) is 0 Å². The van der Waals surface area contributed by atoms with Crippen LogP contribution in [0.3, 0.4) is 0 Å². The van der Waals surface area contributed by atoms with Crippen LogP contribution in [0.1, 0.15) is 40.5 Å². The average Bonchev–Trinajstić information content (AvgIpc) is 3.24. The number of nitrogens with zero attached hydrogens (tertiary/aromatic N) is 1. The Morgan fingerprint density at radius 1 is 0.971 bits per heavy atom. The van der Waals surface area contributed by atoms with E-state index in [2.05, 4.69) is 10.6 Å². The zero-order valence-corrected chi connectivity index (χ0v) is 19.5. The zero-order chi connectivity index (χ0) is 25.6. The molecule has 0 bridgehead atoms. The highest BCUT2D eigenvalue weighted by atomic mass is 19.4. The highest BCUT2D eigenvalue weighted by Gasteiger charge is 2.46. The first kappa shape index (κ1) is 27.1. The van der Waals surface area contributed by atoms with Crippen LogP contribution in [0.15, 0.2) is 30.3 Å². The van der Waals surface area contributed by atoms with Gasteiger partial charge in [-0.25, -0.2) is 4.79 Å². The van der Waals surface area contributed by atoms with Gasteiger partial charge < -0.3 is 20.3 Å². The molecule has 1 aromatic rings. The van der Waals surface area contributed by atoms with E-state index in [1.54, 1.807) is 44.2 Å². The molecule has 2 rings (SSSR count). The maximum absolute atomic E-state index is 13.2. The van der Waals surface area contributed by atoms with Crippen LogP contribution in [0.2, 0.25) is 0 Å². The second-order valence-corrected chi connectivity index (χ2v) is 8.85. The third-order valence-corrected chi connectivity index (χ3v) is 5.52. The lowest BCUT2D eigenvalue weighted by Gasteiger charge is -2.31. The standard InChI is InChI=1S/C23H30F3N3O5/c1-13(2)17(19(30)23(24,25)26)27-20(31)16-11-8-12-29(16)21(32)18(14(3)4)28-22(33)34-15-9-6-5-7-10-15/h5-7,9-10,13-14,16-18H,8,11-12H2,1-4H3,(H,27,31)(H,28,33)/t16-,17?,18-/m0/s1. The van der Waals surface area contributed by atoms with Gasteiger partial charge in [-0.05, 0) is 36.8 Å². The van der Waals surface area contributed by atoms with Gasteiger partial charge in [0.2, 0.25) is 11.8 Å². The normalized spacial score (nSPS) is 17.9. The average molecular weight is 486 g/mol. The number of alkyl halides is 3. The molecule has 0 radical (unpaired) electrons. The molecular weight excluding hydrogens is 455 g/mol. The first-order valence-corrected chi connectivity index (χ1v) is 11.1. The first-order valence-electron chi connectivity index (χ1n) is 11.1. The van der Waals surface area contributed by atoms with Gasteiger partial charge in [0.15, 0.2) is 0 Å². The minimum absolute atomic E-state index is 0.190. The summed E-state index contributed by atoms with van der Waals surface area (Å²) in [5.74, 6) is -4.33.